The second-order valence-corrected chi connectivity index (χ2v) is 5.65. The molecule has 7 nitrogen and oxygen atoms in total. The van der Waals surface area contributed by atoms with Gasteiger partial charge in [0.2, 0.25) is 0 Å². The van der Waals surface area contributed by atoms with Crippen molar-refractivity contribution >= 4 is 17.5 Å². The highest BCUT2D eigenvalue weighted by atomic mass is 32.1. The van der Waals surface area contributed by atoms with Gasteiger partial charge in [0.25, 0.3) is 6.48 Å². The fourth-order valence-electron chi connectivity index (χ4n) is 2.96. The molecule has 0 radical (unpaired) electrons. The molecule has 3 unspecified atom stereocenters. The molecule has 4 aliphatic rings. The Morgan fingerprint density at radius 3 is 2.18 bits per heavy atom. The molecule has 0 amide bonds. The Morgan fingerprint density at radius 1 is 0.955 bits per heavy atom. The lowest BCUT2D eigenvalue weighted by atomic mass is 9.82. The third-order valence-corrected chi connectivity index (χ3v) is 4.16. The van der Waals surface area contributed by atoms with Crippen LogP contribution in [0.1, 0.15) is 0 Å². The maximum Gasteiger partial charge on any atom is 0.358 e. The van der Waals surface area contributed by atoms with E-state index in [1.807, 2.05) is 6.07 Å². The lowest BCUT2D eigenvalue weighted by Gasteiger charge is -2.56. The lowest BCUT2D eigenvalue weighted by molar-refractivity contribution is -0.480. The highest BCUT2D eigenvalue weighted by Crippen LogP contribution is 2.41. The Kier molecular flexibility index (Phi) is 3.52. The summed E-state index contributed by atoms with van der Waals surface area (Å²) in [6.45, 7) is -0.893. The maximum absolute atomic E-state index is 10.1. The van der Waals surface area contributed by atoms with E-state index < -0.39 is 43.1 Å². The Hall–Kier alpha value is -1.29. The highest BCUT2D eigenvalue weighted by molar-refractivity contribution is 7.79. The van der Waals surface area contributed by atoms with Gasteiger partial charge >= 0.3 is 5.24 Å². The van der Waals surface area contributed by atoms with Crippen molar-refractivity contribution in [3.05, 3.63) is 30.3 Å². The summed E-state index contributed by atoms with van der Waals surface area (Å²) < 4.78 is 27.0. The average molecular weight is 326 g/mol. The van der Waals surface area contributed by atoms with Gasteiger partial charge in [-0.3, -0.25) is 0 Å². The van der Waals surface area contributed by atoms with Crippen molar-refractivity contribution in [2.24, 2.45) is 0 Å². The van der Waals surface area contributed by atoms with Crippen molar-refractivity contribution < 1.29 is 33.9 Å². The van der Waals surface area contributed by atoms with Crippen LogP contribution in [-0.4, -0.2) is 58.5 Å². The van der Waals surface area contributed by atoms with Crippen LogP contribution in [0.15, 0.2) is 30.3 Å². The molecule has 3 saturated heterocycles. The van der Waals surface area contributed by atoms with E-state index >= 15 is 0 Å². The molecule has 1 aromatic rings. The average Bonchev–Trinajstić information content (AvgIpc) is 2.52. The van der Waals surface area contributed by atoms with Crippen LogP contribution < -0.4 is 4.74 Å². The molecule has 118 valence electrons. The van der Waals surface area contributed by atoms with Crippen LogP contribution in [-0.2, 0) is 18.9 Å². The topological polar surface area (TPSA) is 86.6 Å². The molecule has 8 heteroatoms. The summed E-state index contributed by atoms with van der Waals surface area (Å²) in [7, 11) is 0. The number of aliphatic hydroxyl groups is 2. The van der Waals surface area contributed by atoms with E-state index in [9.17, 15) is 10.2 Å². The normalized spacial score (nSPS) is 42.2. The lowest BCUT2D eigenvalue weighted by Crippen LogP contribution is -2.75. The molecule has 2 N–H and O–H groups in total. The molecule has 0 spiro atoms. The molecule has 5 rings (SSSR count). The van der Waals surface area contributed by atoms with Gasteiger partial charge in [0.1, 0.15) is 36.3 Å². The number of hydrogen-bond acceptors (Lipinski definition) is 8. The minimum Gasteiger partial charge on any atom is -0.447 e. The first-order valence-electron chi connectivity index (χ1n) is 6.89. The van der Waals surface area contributed by atoms with Crippen molar-refractivity contribution in [1.29, 1.82) is 0 Å². The third-order valence-electron chi connectivity index (χ3n) is 3.98. The van der Waals surface area contributed by atoms with E-state index in [4.69, 9.17) is 35.9 Å². The molecule has 1 saturated carbocycles. The van der Waals surface area contributed by atoms with Gasteiger partial charge in [-0.05, 0) is 12.1 Å². The first-order valence-corrected chi connectivity index (χ1v) is 7.30. The highest BCUT2D eigenvalue weighted by Gasteiger charge is 2.62. The molecule has 4 bridgehead atoms. The van der Waals surface area contributed by atoms with Gasteiger partial charge in [-0.1, -0.05) is 18.2 Å². The molecule has 7 atom stereocenters. The summed E-state index contributed by atoms with van der Waals surface area (Å²) in [4.78, 5) is 0. The van der Waals surface area contributed by atoms with Crippen LogP contribution in [0.5, 0.6) is 5.75 Å². The predicted octanol–water partition coefficient (Wildman–Crippen LogP) is -0.0627. The number of para-hydroxylation sites is 1. The van der Waals surface area contributed by atoms with E-state index in [1.165, 1.54) is 0 Å². The molecular weight excluding hydrogens is 312 g/mol. The van der Waals surface area contributed by atoms with Crippen molar-refractivity contribution in [1.82, 2.24) is 0 Å². The van der Waals surface area contributed by atoms with Crippen molar-refractivity contribution in [3.63, 3.8) is 0 Å². The van der Waals surface area contributed by atoms with Crippen molar-refractivity contribution in [2.75, 3.05) is 0 Å². The van der Waals surface area contributed by atoms with Crippen LogP contribution in [0.25, 0.3) is 0 Å². The number of benzene rings is 1. The number of ether oxygens (including phenoxy) is 5. The van der Waals surface area contributed by atoms with Gasteiger partial charge in [0, 0.05) is 12.2 Å². The fourth-order valence-corrected chi connectivity index (χ4v) is 3.17. The van der Waals surface area contributed by atoms with Crippen LogP contribution in [0, 0.1) is 0 Å². The predicted molar refractivity (Wildman–Crippen MR) is 75.0 cm³/mol. The van der Waals surface area contributed by atoms with Gasteiger partial charge in [-0.2, -0.15) is 0 Å². The molecular formula is C14H14O7S. The molecule has 3 heterocycles. The number of hydrogen-bond donors (Lipinski definition) is 2. The summed E-state index contributed by atoms with van der Waals surface area (Å²) in [6.07, 6.45) is -4.93. The van der Waals surface area contributed by atoms with Crippen LogP contribution in [0.2, 0.25) is 0 Å². The minimum absolute atomic E-state index is 0.129. The molecule has 3 aliphatic heterocycles. The van der Waals surface area contributed by atoms with Crippen LogP contribution >= 0.6 is 12.2 Å². The smallest absolute Gasteiger partial charge is 0.358 e. The zero-order chi connectivity index (χ0) is 15.3. The Balaban J connectivity index is 1.47. The first-order chi connectivity index (χ1) is 10.6. The van der Waals surface area contributed by atoms with Crippen molar-refractivity contribution in [2.45, 2.75) is 43.1 Å². The number of rotatable bonds is 2. The van der Waals surface area contributed by atoms with E-state index in [0.717, 1.165) is 0 Å². The molecule has 1 aromatic carbocycles. The largest absolute Gasteiger partial charge is 0.447 e. The van der Waals surface area contributed by atoms with E-state index in [2.05, 4.69) is 0 Å². The summed E-state index contributed by atoms with van der Waals surface area (Å²) in [6, 6.07) is 8.92. The molecule has 1 aliphatic carbocycles. The van der Waals surface area contributed by atoms with Gasteiger partial charge < -0.3 is 33.9 Å². The SMILES string of the molecule is O[C@H]1C2OC3O[C@@H]1C(OC(=S)Oc1ccccc1)[C@H](O3)[C@H]2O. The van der Waals surface area contributed by atoms with Crippen LogP contribution in [0.3, 0.4) is 0 Å². The van der Waals surface area contributed by atoms with E-state index in [-0.39, 0.29) is 5.24 Å². The molecule has 22 heavy (non-hydrogen) atoms. The Labute approximate surface area is 131 Å². The second-order valence-electron chi connectivity index (χ2n) is 5.32. The third kappa shape index (κ3) is 2.28. The fraction of sp³-hybridized carbons (Fsp3) is 0.500. The summed E-state index contributed by atoms with van der Waals surface area (Å²) in [5.41, 5.74) is 0. The minimum atomic E-state index is -1.02. The maximum atomic E-state index is 10.1. The summed E-state index contributed by atoms with van der Waals surface area (Å²) in [5.74, 6) is 0.530. The zero-order valence-corrected chi connectivity index (χ0v) is 12.1. The monoisotopic (exact) mass is 326 g/mol. The van der Waals surface area contributed by atoms with Crippen LogP contribution in [0.4, 0.5) is 0 Å². The Bertz CT molecular complexity index is 548. The molecule has 0 aromatic heterocycles. The van der Waals surface area contributed by atoms with Gasteiger partial charge in [0.15, 0.2) is 6.10 Å². The van der Waals surface area contributed by atoms with Gasteiger partial charge in [-0.25, -0.2) is 0 Å². The second kappa shape index (κ2) is 5.41. The summed E-state index contributed by atoms with van der Waals surface area (Å²) >= 11 is 5.06. The number of thiocarbonyl (C=S) groups is 1. The van der Waals surface area contributed by atoms with E-state index in [1.54, 1.807) is 24.3 Å². The van der Waals surface area contributed by atoms with Gasteiger partial charge in [0.05, 0.1) is 0 Å². The van der Waals surface area contributed by atoms with Gasteiger partial charge in [-0.15, -0.1) is 0 Å². The van der Waals surface area contributed by atoms with E-state index in [0.29, 0.717) is 5.75 Å². The quantitative estimate of drug-likeness (QED) is 0.731. The molecule has 4 fully saturated rings. The summed E-state index contributed by atoms with van der Waals surface area (Å²) in [5, 5.41) is 20.2. The standard InChI is InChI=1S/C14H14O7S/c15-7-9-8(16)11-12(10(7)19-13(18-9)20-11)21-14(22)17-6-4-2-1-3-5-6/h1-5,7-13,15-16H/t7-,8-,9?,10-,11+,12?,13?/m0/s1. The number of aliphatic hydroxyl groups excluding tert-OH is 2. The first kappa shape index (κ1) is 14.3. The van der Waals surface area contributed by atoms with Crippen molar-refractivity contribution in [3.8, 4) is 5.75 Å². The zero-order valence-electron chi connectivity index (χ0n) is 11.3. The Morgan fingerprint density at radius 2 is 1.55 bits per heavy atom.